The van der Waals surface area contributed by atoms with Gasteiger partial charge in [-0.05, 0) is 42.2 Å². The number of aryl methyl sites for hydroxylation is 1. The van der Waals surface area contributed by atoms with Gasteiger partial charge in [-0.2, -0.15) is 15.2 Å². The number of carbonyl (C=O) groups excluding carboxylic acids is 3. The van der Waals surface area contributed by atoms with E-state index in [4.69, 9.17) is 0 Å². The van der Waals surface area contributed by atoms with Gasteiger partial charge in [0.05, 0.1) is 23.4 Å². The Morgan fingerprint density at radius 3 is 2.12 bits per heavy atom. The van der Waals surface area contributed by atoms with E-state index in [0.29, 0.717) is 24.0 Å². The fraction of sp³-hybridized carbons (Fsp3) is 0.192. The van der Waals surface area contributed by atoms with Gasteiger partial charge < -0.3 is 0 Å². The zero-order chi connectivity index (χ0) is 23.2. The molecule has 1 aliphatic heterocycles. The lowest BCUT2D eigenvalue weighted by atomic mass is 10.1. The predicted molar refractivity (Wildman–Crippen MR) is 124 cm³/mol. The van der Waals surface area contributed by atoms with Gasteiger partial charge in [-0.15, -0.1) is 0 Å². The van der Waals surface area contributed by atoms with Crippen molar-refractivity contribution in [2.75, 3.05) is 7.05 Å². The van der Waals surface area contributed by atoms with E-state index in [-0.39, 0.29) is 18.9 Å². The molecule has 7 nitrogen and oxygen atoms in total. The molecule has 0 bridgehead atoms. The van der Waals surface area contributed by atoms with Crippen LogP contribution in [-0.4, -0.2) is 34.8 Å². The number of amides is 3. The van der Waals surface area contributed by atoms with E-state index in [2.05, 4.69) is 10.2 Å². The van der Waals surface area contributed by atoms with Crippen molar-refractivity contribution in [2.45, 2.75) is 25.8 Å². The summed E-state index contributed by atoms with van der Waals surface area (Å²) in [5.74, 6) is -1.25. The van der Waals surface area contributed by atoms with Crippen molar-refractivity contribution in [3.05, 3.63) is 101 Å². The average Bonchev–Trinajstić information content (AvgIpc) is 3.09. The van der Waals surface area contributed by atoms with E-state index >= 15 is 0 Å². The van der Waals surface area contributed by atoms with Crippen molar-refractivity contribution in [3.8, 4) is 0 Å². The van der Waals surface area contributed by atoms with Gasteiger partial charge in [0.15, 0.2) is 0 Å². The minimum Gasteiger partial charge on any atom is -0.273 e. The van der Waals surface area contributed by atoms with E-state index in [1.807, 2.05) is 54.6 Å². The molecule has 0 saturated carbocycles. The summed E-state index contributed by atoms with van der Waals surface area (Å²) in [5, 5.41) is 10.2. The van der Waals surface area contributed by atoms with Crippen LogP contribution in [0.1, 0.15) is 44.7 Å². The molecule has 7 heteroatoms. The Morgan fingerprint density at radius 2 is 1.45 bits per heavy atom. The van der Waals surface area contributed by atoms with E-state index in [9.17, 15) is 14.4 Å². The molecule has 3 amide bonds. The molecule has 33 heavy (non-hydrogen) atoms. The average molecular weight is 441 g/mol. The number of nitrogens with zero attached hydrogens (tertiary/aromatic N) is 4. The topological polar surface area (TPSA) is 82.4 Å². The number of benzene rings is 3. The van der Waals surface area contributed by atoms with E-state index in [1.54, 1.807) is 31.3 Å². The Labute approximate surface area is 192 Å². The Bertz CT molecular complexity index is 1170. The van der Waals surface area contributed by atoms with Crippen LogP contribution in [-0.2, 0) is 17.8 Å². The van der Waals surface area contributed by atoms with Gasteiger partial charge in [-0.1, -0.05) is 60.7 Å². The Kier molecular flexibility index (Phi) is 6.69. The van der Waals surface area contributed by atoms with Gasteiger partial charge in [0.25, 0.3) is 11.8 Å². The first-order valence-corrected chi connectivity index (χ1v) is 10.8. The first kappa shape index (κ1) is 22.1. The highest BCUT2D eigenvalue weighted by Crippen LogP contribution is 2.26. The van der Waals surface area contributed by atoms with Gasteiger partial charge in [0.1, 0.15) is 0 Å². The zero-order valence-corrected chi connectivity index (χ0v) is 18.3. The number of imide groups is 1. The minimum atomic E-state index is -0.478. The lowest BCUT2D eigenvalue weighted by Gasteiger charge is -2.30. The highest BCUT2D eigenvalue weighted by Gasteiger charge is 2.41. The number of rotatable bonds is 8. The summed E-state index contributed by atoms with van der Waals surface area (Å²) in [7, 11) is 1.61. The molecule has 0 fully saturated rings. The van der Waals surface area contributed by atoms with Crippen molar-refractivity contribution in [1.29, 1.82) is 0 Å². The highest BCUT2D eigenvalue weighted by atomic mass is 16.2. The van der Waals surface area contributed by atoms with Crippen molar-refractivity contribution in [1.82, 2.24) is 10.0 Å². The molecule has 0 atom stereocenters. The maximum absolute atomic E-state index is 13.3. The summed E-state index contributed by atoms with van der Waals surface area (Å²) in [6, 6.07) is 23.6. The van der Waals surface area contributed by atoms with E-state index in [1.165, 1.54) is 5.01 Å². The second kappa shape index (κ2) is 9.99. The number of hydrazine groups is 1. The molecule has 0 spiro atoms. The number of fused-ring (bicyclic) bond motifs is 1. The minimum absolute atomic E-state index is 0.131. The summed E-state index contributed by atoms with van der Waals surface area (Å²) in [5.41, 5.74) is 3.22. The third-order valence-electron chi connectivity index (χ3n) is 5.51. The van der Waals surface area contributed by atoms with Crippen LogP contribution in [0.15, 0.2) is 89.1 Å². The van der Waals surface area contributed by atoms with E-state index in [0.717, 1.165) is 21.8 Å². The summed E-state index contributed by atoms with van der Waals surface area (Å²) in [4.78, 5) is 39.4. The van der Waals surface area contributed by atoms with Crippen LogP contribution >= 0.6 is 0 Å². The standard InChI is InChI=1S/C26H24N4O3/c1-27-28-23-16-8-5-12-20(23)13-9-17-24(31)29(18-19-10-3-2-4-11-19)30-25(32)21-14-6-7-15-22(21)26(30)33/h2-8,10-12,14-16H,9,13,17-18H2,1H3. The lowest BCUT2D eigenvalue weighted by molar-refractivity contribution is -0.142. The number of hydrogen-bond donors (Lipinski definition) is 0. The van der Waals surface area contributed by atoms with Gasteiger partial charge in [0.2, 0.25) is 5.91 Å². The smallest absolute Gasteiger partial charge is 0.273 e. The molecule has 0 N–H and O–H groups in total. The fourth-order valence-corrected chi connectivity index (χ4v) is 3.91. The maximum atomic E-state index is 13.3. The van der Waals surface area contributed by atoms with Crippen LogP contribution in [0.25, 0.3) is 0 Å². The first-order chi connectivity index (χ1) is 16.1. The zero-order valence-electron chi connectivity index (χ0n) is 18.3. The van der Waals surface area contributed by atoms with Gasteiger partial charge in [-0.25, -0.2) is 5.01 Å². The molecule has 0 aromatic heterocycles. The molecule has 0 radical (unpaired) electrons. The van der Waals surface area contributed by atoms with Crippen LogP contribution in [0.5, 0.6) is 0 Å². The van der Waals surface area contributed by atoms with E-state index < -0.39 is 11.8 Å². The molecule has 1 heterocycles. The second-order valence-electron chi connectivity index (χ2n) is 7.69. The summed E-state index contributed by atoms with van der Waals surface area (Å²) >= 11 is 0. The molecule has 3 aromatic carbocycles. The molecule has 1 aliphatic rings. The van der Waals surface area contributed by atoms with Crippen molar-refractivity contribution >= 4 is 23.4 Å². The summed E-state index contributed by atoms with van der Waals surface area (Å²) in [6.45, 7) is 0.131. The van der Waals surface area contributed by atoms with Gasteiger partial charge >= 0.3 is 0 Å². The second-order valence-corrected chi connectivity index (χ2v) is 7.69. The predicted octanol–water partition coefficient (Wildman–Crippen LogP) is 4.96. The molecule has 166 valence electrons. The number of hydrogen-bond acceptors (Lipinski definition) is 5. The first-order valence-electron chi connectivity index (χ1n) is 10.8. The van der Waals surface area contributed by atoms with Crippen molar-refractivity contribution < 1.29 is 14.4 Å². The van der Waals surface area contributed by atoms with Crippen LogP contribution in [0.4, 0.5) is 5.69 Å². The van der Waals surface area contributed by atoms with Crippen molar-refractivity contribution in [3.63, 3.8) is 0 Å². The third kappa shape index (κ3) is 4.72. The van der Waals surface area contributed by atoms with Gasteiger partial charge in [-0.3, -0.25) is 14.4 Å². The van der Waals surface area contributed by atoms with Crippen LogP contribution in [0.3, 0.4) is 0 Å². The monoisotopic (exact) mass is 440 g/mol. The molecular weight excluding hydrogens is 416 g/mol. The summed E-state index contributed by atoms with van der Waals surface area (Å²) in [6.07, 6.45) is 1.35. The normalized spacial score (nSPS) is 12.9. The SMILES string of the molecule is CN=Nc1ccccc1CCCC(=O)N(Cc1ccccc1)N1C(=O)c2ccccc2C1=O. The maximum Gasteiger partial charge on any atom is 0.280 e. The molecule has 0 saturated heterocycles. The lowest BCUT2D eigenvalue weighted by Crippen LogP contribution is -2.49. The quantitative estimate of drug-likeness (QED) is 0.367. The number of carbonyl (C=O) groups is 3. The third-order valence-corrected chi connectivity index (χ3v) is 5.51. The van der Waals surface area contributed by atoms with Crippen LogP contribution < -0.4 is 0 Å². The van der Waals surface area contributed by atoms with Crippen molar-refractivity contribution in [2.24, 2.45) is 10.2 Å². The van der Waals surface area contributed by atoms with Gasteiger partial charge in [0, 0.05) is 13.5 Å². The molecule has 0 aliphatic carbocycles. The molecule has 3 aromatic rings. The molecule has 4 rings (SSSR count). The number of azo groups is 1. The Hall–Kier alpha value is -4.13. The Morgan fingerprint density at radius 1 is 0.848 bits per heavy atom. The summed E-state index contributed by atoms with van der Waals surface area (Å²) < 4.78 is 0. The molecule has 0 unspecified atom stereocenters. The van der Waals surface area contributed by atoms with Crippen LogP contribution in [0.2, 0.25) is 0 Å². The largest absolute Gasteiger partial charge is 0.280 e. The fourth-order valence-electron chi connectivity index (χ4n) is 3.91. The highest BCUT2D eigenvalue weighted by molar-refractivity contribution is 6.21. The Balaban J connectivity index is 1.54. The van der Waals surface area contributed by atoms with Crippen LogP contribution in [0, 0.1) is 0 Å². The molecular formula is C26H24N4O3.